The number of hydrogen-bond acceptors (Lipinski definition) is 4. The van der Waals surface area contributed by atoms with Crippen LogP contribution in [0.4, 0.5) is 0 Å². The normalized spacial score (nSPS) is 11.6. The SMILES string of the molecule is C/C=C/COc1cc(C)c(OCc2ncccc2C(C)=NC=O)c(C)c1. The topological polar surface area (TPSA) is 60.8 Å². The number of carbonyl (C=O) groups excluding carboxylic acids is 1. The van der Waals surface area contributed by atoms with Gasteiger partial charge in [-0.2, -0.15) is 0 Å². The van der Waals surface area contributed by atoms with Gasteiger partial charge in [0.2, 0.25) is 6.41 Å². The van der Waals surface area contributed by atoms with Gasteiger partial charge in [-0.25, -0.2) is 4.99 Å². The van der Waals surface area contributed by atoms with Crippen LogP contribution >= 0.6 is 0 Å². The van der Waals surface area contributed by atoms with Gasteiger partial charge in [-0.05, 0) is 63.1 Å². The summed E-state index contributed by atoms with van der Waals surface area (Å²) < 4.78 is 11.7. The van der Waals surface area contributed by atoms with Gasteiger partial charge < -0.3 is 9.47 Å². The number of pyridine rings is 1. The molecule has 0 bridgehead atoms. The molecule has 5 heteroatoms. The minimum atomic E-state index is 0.294. The van der Waals surface area contributed by atoms with E-state index in [1.165, 1.54) is 0 Å². The highest BCUT2D eigenvalue weighted by Crippen LogP contribution is 2.29. The number of aliphatic imine (C=N–C) groups is 1. The first kappa shape index (κ1) is 19.4. The van der Waals surface area contributed by atoms with Crippen LogP contribution in [0.2, 0.25) is 0 Å². The number of benzene rings is 1. The van der Waals surface area contributed by atoms with Gasteiger partial charge >= 0.3 is 0 Å². The number of amides is 1. The Bertz CT molecular complexity index is 803. The summed E-state index contributed by atoms with van der Waals surface area (Å²) >= 11 is 0. The minimum absolute atomic E-state index is 0.294. The standard InChI is InChI=1S/C21H24N2O3/c1-5-6-10-25-18-11-15(2)21(16(3)12-18)26-13-20-19(8-7-9-22-20)17(4)23-14-24/h5-9,11-12,14H,10,13H2,1-4H3/b6-5+,23-17?. The van der Waals surface area contributed by atoms with Gasteiger partial charge in [0.1, 0.15) is 24.7 Å². The zero-order valence-electron chi connectivity index (χ0n) is 15.7. The van der Waals surface area contributed by atoms with Crippen LogP contribution in [0, 0.1) is 13.8 Å². The number of nitrogens with zero attached hydrogens (tertiary/aromatic N) is 2. The van der Waals surface area contributed by atoms with E-state index in [2.05, 4.69) is 9.98 Å². The van der Waals surface area contributed by atoms with Crippen molar-refractivity contribution < 1.29 is 14.3 Å². The van der Waals surface area contributed by atoms with Crippen LogP contribution in [-0.2, 0) is 11.4 Å². The van der Waals surface area contributed by atoms with Crippen molar-refractivity contribution in [2.45, 2.75) is 34.3 Å². The minimum Gasteiger partial charge on any atom is -0.490 e. The van der Waals surface area contributed by atoms with Crippen LogP contribution in [0.1, 0.15) is 36.2 Å². The Balaban J connectivity index is 2.18. The molecule has 1 aromatic heterocycles. The van der Waals surface area contributed by atoms with Gasteiger partial charge in [-0.3, -0.25) is 9.78 Å². The molecule has 26 heavy (non-hydrogen) atoms. The molecule has 0 aliphatic rings. The molecular formula is C21H24N2O3. The zero-order chi connectivity index (χ0) is 18.9. The molecule has 0 saturated carbocycles. The summed E-state index contributed by atoms with van der Waals surface area (Å²) in [4.78, 5) is 18.8. The van der Waals surface area contributed by atoms with Gasteiger partial charge in [0.25, 0.3) is 0 Å². The predicted molar refractivity (Wildman–Crippen MR) is 103 cm³/mol. The maximum absolute atomic E-state index is 10.6. The molecule has 1 amide bonds. The van der Waals surface area contributed by atoms with Gasteiger partial charge in [0.15, 0.2) is 0 Å². The number of aryl methyl sites for hydroxylation is 2. The first-order chi connectivity index (χ1) is 12.6. The van der Waals surface area contributed by atoms with Crippen LogP contribution in [0.15, 0.2) is 47.6 Å². The molecule has 1 aromatic carbocycles. The fraction of sp³-hybridized carbons (Fsp3) is 0.286. The summed E-state index contributed by atoms with van der Waals surface area (Å²) in [7, 11) is 0. The van der Waals surface area contributed by atoms with Crippen molar-refractivity contribution in [3.05, 3.63) is 65.0 Å². The fourth-order valence-electron chi connectivity index (χ4n) is 2.63. The number of aromatic nitrogens is 1. The summed E-state index contributed by atoms with van der Waals surface area (Å²) in [5, 5.41) is 0. The largest absolute Gasteiger partial charge is 0.490 e. The molecule has 0 spiro atoms. The first-order valence-corrected chi connectivity index (χ1v) is 8.47. The van der Waals surface area contributed by atoms with Crippen LogP contribution in [0.5, 0.6) is 11.5 Å². The Morgan fingerprint density at radius 1 is 1.23 bits per heavy atom. The van der Waals surface area contributed by atoms with Crippen molar-refractivity contribution in [2.24, 2.45) is 4.99 Å². The Labute approximate surface area is 154 Å². The number of hydrogen-bond donors (Lipinski definition) is 0. The molecular weight excluding hydrogens is 328 g/mol. The second-order valence-corrected chi connectivity index (χ2v) is 5.87. The lowest BCUT2D eigenvalue weighted by molar-refractivity contribution is -0.106. The average molecular weight is 352 g/mol. The maximum atomic E-state index is 10.6. The number of carbonyl (C=O) groups is 1. The first-order valence-electron chi connectivity index (χ1n) is 8.47. The van der Waals surface area contributed by atoms with Gasteiger partial charge in [-0.15, -0.1) is 0 Å². The van der Waals surface area contributed by atoms with E-state index in [1.807, 2.05) is 57.2 Å². The van der Waals surface area contributed by atoms with Crippen molar-refractivity contribution in [3.63, 3.8) is 0 Å². The van der Waals surface area contributed by atoms with Crippen LogP contribution in [-0.4, -0.2) is 23.7 Å². The van der Waals surface area contributed by atoms with Crippen molar-refractivity contribution in [3.8, 4) is 11.5 Å². The molecule has 0 atom stereocenters. The van der Waals surface area contributed by atoms with Crippen molar-refractivity contribution in [1.82, 2.24) is 4.98 Å². The lowest BCUT2D eigenvalue weighted by Crippen LogP contribution is -2.08. The third kappa shape index (κ3) is 5.02. The number of allylic oxidation sites excluding steroid dienone is 1. The van der Waals surface area contributed by atoms with E-state index in [4.69, 9.17) is 9.47 Å². The molecule has 0 radical (unpaired) electrons. The molecule has 0 aliphatic heterocycles. The second-order valence-electron chi connectivity index (χ2n) is 5.87. The highest BCUT2D eigenvalue weighted by atomic mass is 16.5. The summed E-state index contributed by atoms with van der Waals surface area (Å²) in [5.74, 6) is 1.63. The Morgan fingerprint density at radius 3 is 2.62 bits per heavy atom. The lowest BCUT2D eigenvalue weighted by atomic mass is 10.1. The van der Waals surface area contributed by atoms with E-state index in [9.17, 15) is 4.79 Å². The highest BCUT2D eigenvalue weighted by Gasteiger charge is 2.11. The lowest BCUT2D eigenvalue weighted by Gasteiger charge is -2.15. The van der Waals surface area contributed by atoms with Crippen molar-refractivity contribution in [1.29, 1.82) is 0 Å². The molecule has 0 fully saturated rings. The third-order valence-corrected chi connectivity index (χ3v) is 3.90. The third-order valence-electron chi connectivity index (χ3n) is 3.90. The zero-order valence-corrected chi connectivity index (χ0v) is 15.7. The molecule has 0 unspecified atom stereocenters. The number of ether oxygens (including phenoxy) is 2. The van der Waals surface area contributed by atoms with Crippen LogP contribution in [0.25, 0.3) is 0 Å². The van der Waals surface area contributed by atoms with E-state index in [-0.39, 0.29) is 0 Å². The monoisotopic (exact) mass is 352 g/mol. The summed E-state index contributed by atoms with van der Waals surface area (Å²) in [6.07, 6.45) is 6.15. The van der Waals surface area contributed by atoms with E-state index in [0.717, 1.165) is 33.9 Å². The summed E-state index contributed by atoms with van der Waals surface area (Å²) in [6.45, 7) is 8.56. The smallest absolute Gasteiger partial charge is 0.233 e. The summed E-state index contributed by atoms with van der Waals surface area (Å²) in [6, 6.07) is 7.62. The molecule has 2 aromatic rings. The van der Waals surface area contributed by atoms with Gasteiger partial charge in [0.05, 0.1) is 11.4 Å². The van der Waals surface area contributed by atoms with E-state index in [1.54, 1.807) is 13.1 Å². The second kappa shape index (κ2) is 9.51. The Kier molecular flexibility index (Phi) is 7.09. The van der Waals surface area contributed by atoms with Gasteiger partial charge in [0, 0.05) is 11.8 Å². The van der Waals surface area contributed by atoms with Crippen LogP contribution in [0.3, 0.4) is 0 Å². The highest BCUT2D eigenvalue weighted by molar-refractivity contribution is 6.02. The maximum Gasteiger partial charge on any atom is 0.233 e. The van der Waals surface area contributed by atoms with E-state index < -0.39 is 0 Å². The molecule has 5 nitrogen and oxygen atoms in total. The van der Waals surface area contributed by atoms with E-state index in [0.29, 0.717) is 25.3 Å². The predicted octanol–water partition coefficient (Wildman–Crippen LogP) is 4.20. The fourth-order valence-corrected chi connectivity index (χ4v) is 2.63. The van der Waals surface area contributed by atoms with Crippen LogP contribution < -0.4 is 9.47 Å². The van der Waals surface area contributed by atoms with Crippen molar-refractivity contribution in [2.75, 3.05) is 6.61 Å². The van der Waals surface area contributed by atoms with Crippen molar-refractivity contribution >= 4 is 12.1 Å². The molecule has 1 heterocycles. The molecule has 0 saturated heterocycles. The summed E-state index contributed by atoms with van der Waals surface area (Å²) in [5.41, 5.74) is 4.16. The molecule has 0 aliphatic carbocycles. The Morgan fingerprint density at radius 2 is 1.96 bits per heavy atom. The quantitative estimate of drug-likeness (QED) is 0.406. The number of rotatable bonds is 8. The van der Waals surface area contributed by atoms with Gasteiger partial charge in [-0.1, -0.05) is 12.2 Å². The molecule has 136 valence electrons. The van der Waals surface area contributed by atoms with E-state index >= 15 is 0 Å². The molecule has 0 N–H and O–H groups in total. The molecule has 2 rings (SSSR count). The average Bonchev–Trinajstić information content (AvgIpc) is 2.62. The Hall–Kier alpha value is -2.95.